The zero-order valence-corrected chi connectivity index (χ0v) is 17.9. The van der Waals surface area contributed by atoms with Crippen LogP contribution in [-0.2, 0) is 20.9 Å². The number of esters is 1. The minimum Gasteiger partial charge on any atom is -0.465 e. The molecule has 0 spiro atoms. The summed E-state index contributed by atoms with van der Waals surface area (Å²) in [6, 6.07) is 3.83. The van der Waals surface area contributed by atoms with Crippen LogP contribution in [0, 0.1) is 5.41 Å². The molecule has 0 aromatic heterocycles. The van der Waals surface area contributed by atoms with E-state index in [0.29, 0.717) is 18.7 Å². The maximum atomic E-state index is 12.0. The molecule has 1 aromatic rings. The van der Waals surface area contributed by atoms with Gasteiger partial charge in [0.15, 0.2) is 0 Å². The Labute approximate surface area is 168 Å². The molecule has 0 aliphatic carbocycles. The lowest BCUT2D eigenvalue weighted by Gasteiger charge is -2.33. The molecular weight excluding hydrogens is 414 g/mol. The van der Waals surface area contributed by atoms with Gasteiger partial charge in [-0.3, -0.25) is 0 Å². The van der Waals surface area contributed by atoms with Gasteiger partial charge in [0.05, 0.1) is 18.1 Å². The number of carbonyl (C=O) groups is 2. The topological polar surface area (TPSA) is 93.9 Å². The van der Waals surface area contributed by atoms with Crippen molar-refractivity contribution in [2.75, 3.05) is 25.5 Å². The molecule has 0 saturated carbocycles. The van der Waals surface area contributed by atoms with Gasteiger partial charge in [-0.1, -0.05) is 15.9 Å². The summed E-state index contributed by atoms with van der Waals surface area (Å²) in [6.07, 6.45) is 1.61. The predicted octanol–water partition coefficient (Wildman–Crippen LogP) is 3.08. The van der Waals surface area contributed by atoms with Crippen molar-refractivity contribution >= 4 is 33.6 Å². The third-order valence-corrected chi connectivity index (χ3v) is 4.92. The van der Waals surface area contributed by atoms with Gasteiger partial charge in [0, 0.05) is 41.4 Å². The van der Waals surface area contributed by atoms with E-state index in [1.807, 2.05) is 26.8 Å². The van der Waals surface area contributed by atoms with Crippen LogP contribution >= 0.6 is 15.9 Å². The van der Waals surface area contributed by atoms with Crippen LogP contribution in [0.4, 0.5) is 5.69 Å². The molecule has 2 rings (SSSR count). The SMILES string of the molecule is COC(=O)c1cc(Br)cc(NC2CCN(OC(=O)C(C)(C)C)CC2)c1CN. The van der Waals surface area contributed by atoms with Crippen molar-refractivity contribution in [2.24, 2.45) is 11.1 Å². The summed E-state index contributed by atoms with van der Waals surface area (Å²) in [5, 5.41) is 5.20. The molecule has 3 N–H and O–H groups in total. The van der Waals surface area contributed by atoms with Gasteiger partial charge < -0.3 is 20.6 Å². The summed E-state index contributed by atoms with van der Waals surface area (Å²) < 4.78 is 5.64. The van der Waals surface area contributed by atoms with Crippen LogP contribution in [0.1, 0.15) is 49.5 Å². The van der Waals surface area contributed by atoms with Gasteiger partial charge in [-0.15, -0.1) is 5.06 Å². The second kappa shape index (κ2) is 9.03. The maximum Gasteiger partial charge on any atom is 0.338 e. The van der Waals surface area contributed by atoms with Crippen molar-refractivity contribution in [3.8, 4) is 0 Å². The highest BCUT2D eigenvalue weighted by Gasteiger charge is 2.28. The van der Waals surface area contributed by atoms with E-state index in [0.717, 1.165) is 28.6 Å². The molecule has 1 fully saturated rings. The number of rotatable bonds is 5. The molecule has 1 aliphatic rings. The number of nitrogens with two attached hydrogens (primary N) is 1. The number of methoxy groups -OCH3 is 1. The van der Waals surface area contributed by atoms with E-state index >= 15 is 0 Å². The number of ether oxygens (including phenoxy) is 1. The Morgan fingerprint density at radius 1 is 1.30 bits per heavy atom. The predicted molar refractivity (Wildman–Crippen MR) is 107 cm³/mol. The van der Waals surface area contributed by atoms with Gasteiger partial charge >= 0.3 is 11.9 Å². The van der Waals surface area contributed by atoms with E-state index in [2.05, 4.69) is 21.2 Å². The first-order valence-electron chi connectivity index (χ1n) is 9.00. The van der Waals surface area contributed by atoms with Gasteiger partial charge in [-0.05, 0) is 45.7 Å². The highest BCUT2D eigenvalue weighted by Crippen LogP contribution is 2.28. The van der Waals surface area contributed by atoms with Gasteiger partial charge in [0.1, 0.15) is 0 Å². The Bertz CT molecular complexity index is 695. The molecule has 1 saturated heterocycles. The molecule has 0 amide bonds. The molecule has 1 aromatic carbocycles. The normalized spacial score (nSPS) is 16.1. The van der Waals surface area contributed by atoms with Crippen molar-refractivity contribution in [1.82, 2.24) is 5.06 Å². The lowest BCUT2D eigenvalue weighted by atomic mass is 9.98. The molecular formula is C19H28BrN3O4. The monoisotopic (exact) mass is 441 g/mol. The summed E-state index contributed by atoms with van der Waals surface area (Å²) in [4.78, 5) is 29.5. The standard InChI is InChI=1S/C19H28BrN3O4/c1-19(2,3)18(25)27-23-7-5-13(6-8-23)22-16-10-12(20)9-14(15(16)11-21)17(24)26-4/h9-10,13,22H,5-8,11,21H2,1-4H3. The van der Waals surface area contributed by atoms with E-state index < -0.39 is 11.4 Å². The highest BCUT2D eigenvalue weighted by molar-refractivity contribution is 9.10. The number of nitrogens with zero attached hydrogens (tertiary/aromatic N) is 1. The van der Waals surface area contributed by atoms with Crippen molar-refractivity contribution in [3.63, 3.8) is 0 Å². The Morgan fingerprint density at radius 3 is 2.44 bits per heavy atom. The fourth-order valence-electron chi connectivity index (χ4n) is 2.84. The van der Waals surface area contributed by atoms with Crippen LogP contribution in [0.3, 0.4) is 0 Å². The Balaban J connectivity index is 2.04. The number of carbonyl (C=O) groups excluding carboxylic acids is 2. The second-order valence-electron chi connectivity index (χ2n) is 7.65. The molecule has 1 aliphatic heterocycles. The van der Waals surface area contributed by atoms with Gasteiger partial charge in [0.2, 0.25) is 0 Å². The summed E-state index contributed by atoms with van der Waals surface area (Å²) in [5.41, 5.74) is 7.36. The Kier molecular flexibility index (Phi) is 7.25. The zero-order chi connectivity index (χ0) is 20.2. The van der Waals surface area contributed by atoms with Gasteiger partial charge in [0.25, 0.3) is 0 Å². The summed E-state index contributed by atoms with van der Waals surface area (Å²) in [6.45, 7) is 7.03. The molecule has 8 heteroatoms. The minimum atomic E-state index is -0.522. The minimum absolute atomic E-state index is 0.194. The smallest absolute Gasteiger partial charge is 0.338 e. The largest absolute Gasteiger partial charge is 0.465 e. The van der Waals surface area contributed by atoms with Crippen LogP contribution in [0.5, 0.6) is 0 Å². The quantitative estimate of drug-likeness (QED) is 0.677. The first-order chi connectivity index (χ1) is 12.7. The van der Waals surface area contributed by atoms with Crippen molar-refractivity contribution in [1.29, 1.82) is 0 Å². The fourth-order valence-corrected chi connectivity index (χ4v) is 3.30. The summed E-state index contributed by atoms with van der Waals surface area (Å²) in [5.74, 6) is -0.641. The average molecular weight is 442 g/mol. The number of benzene rings is 1. The molecule has 0 unspecified atom stereocenters. The molecule has 150 valence electrons. The maximum absolute atomic E-state index is 12.0. The average Bonchev–Trinajstić information content (AvgIpc) is 2.61. The van der Waals surface area contributed by atoms with Crippen LogP contribution in [0.2, 0.25) is 0 Å². The third-order valence-electron chi connectivity index (χ3n) is 4.46. The second-order valence-corrected chi connectivity index (χ2v) is 8.57. The van der Waals surface area contributed by atoms with E-state index in [4.69, 9.17) is 15.3 Å². The van der Waals surface area contributed by atoms with Gasteiger partial charge in [-0.2, -0.15) is 0 Å². The third kappa shape index (κ3) is 5.67. The van der Waals surface area contributed by atoms with Crippen molar-refractivity contribution in [2.45, 2.75) is 46.2 Å². The number of nitrogens with one attached hydrogen (secondary N) is 1. The molecule has 0 radical (unpaired) electrons. The fraction of sp³-hybridized carbons (Fsp3) is 0.579. The summed E-state index contributed by atoms with van der Waals surface area (Å²) in [7, 11) is 1.35. The van der Waals surface area contributed by atoms with Crippen molar-refractivity contribution in [3.05, 3.63) is 27.7 Å². The van der Waals surface area contributed by atoms with E-state index in [1.165, 1.54) is 7.11 Å². The summed E-state index contributed by atoms with van der Waals surface area (Å²) >= 11 is 3.44. The first-order valence-corrected chi connectivity index (χ1v) is 9.79. The van der Waals surface area contributed by atoms with Crippen LogP contribution < -0.4 is 11.1 Å². The molecule has 27 heavy (non-hydrogen) atoms. The van der Waals surface area contributed by atoms with Crippen LogP contribution in [0.15, 0.2) is 16.6 Å². The van der Waals surface area contributed by atoms with E-state index in [9.17, 15) is 9.59 Å². The Morgan fingerprint density at radius 2 is 1.93 bits per heavy atom. The van der Waals surface area contributed by atoms with E-state index in [-0.39, 0.29) is 18.6 Å². The van der Waals surface area contributed by atoms with Crippen molar-refractivity contribution < 1.29 is 19.2 Å². The van der Waals surface area contributed by atoms with E-state index in [1.54, 1.807) is 11.1 Å². The number of hydrogen-bond donors (Lipinski definition) is 2. The lowest BCUT2D eigenvalue weighted by molar-refractivity contribution is -0.204. The number of piperidine rings is 1. The first kappa shape index (κ1) is 21.7. The number of hydroxylamine groups is 2. The lowest BCUT2D eigenvalue weighted by Crippen LogP contribution is -2.42. The van der Waals surface area contributed by atoms with Gasteiger partial charge in [-0.25, -0.2) is 9.59 Å². The molecule has 7 nitrogen and oxygen atoms in total. The van der Waals surface area contributed by atoms with Crippen LogP contribution in [-0.4, -0.2) is 43.2 Å². The number of halogens is 1. The molecule has 0 atom stereocenters. The molecule has 0 bridgehead atoms. The number of anilines is 1. The Hall–Kier alpha value is -1.64. The molecule has 1 heterocycles. The number of hydrogen-bond acceptors (Lipinski definition) is 7. The highest BCUT2D eigenvalue weighted by atomic mass is 79.9. The van der Waals surface area contributed by atoms with Crippen LogP contribution in [0.25, 0.3) is 0 Å². The zero-order valence-electron chi connectivity index (χ0n) is 16.3.